The summed E-state index contributed by atoms with van der Waals surface area (Å²) in [6, 6.07) is 8.95. The Bertz CT molecular complexity index is 461. The van der Waals surface area contributed by atoms with Gasteiger partial charge in [0.1, 0.15) is 0 Å². The third-order valence-electron chi connectivity index (χ3n) is 4.24. The van der Waals surface area contributed by atoms with Gasteiger partial charge in [-0.25, -0.2) is 0 Å². The van der Waals surface area contributed by atoms with E-state index in [4.69, 9.17) is 12.2 Å². The summed E-state index contributed by atoms with van der Waals surface area (Å²) in [5.74, 6) is 0. The average molecular weight is 305 g/mol. The van der Waals surface area contributed by atoms with Crippen LogP contribution in [-0.2, 0) is 0 Å². The first-order valence-corrected chi connectivity index (χ1v) is 8.42. The van der Waals surface area contributed by atoms with Crippen LogP contribution in [0, 0.1) is 6.92 Å². The number of rotatable bonds is 5. The third-order valence-corrected chi connectivity index (χ3v) is 4.49. The molecular formula is C17H27N3S. The maximum Gasteiger partial charge on any atom is 0.170 e. The van der Waals surface area contributed by atoms with Crippen molar-refractivity contribution >= 4 is 23.0 Å². The lowest BCUT2D eigenvalue weighted by Crippen LogP contribution is -2.39. The Morgan fingerprint density at radius 1 is 1.33 bits per heavy atom. The molecule has 21 heavy (non-hydrogen) atoms. The number of thiocarbonyl (C=S) groups is 1. The van der Waals surface area contributed by atoms with Crippen LogP contribution in [0.25, 0.3) is 0 Å². The zero-order chi connectivity index (χ0) is 15.1. The number of nitrogens with one attached hydrogen (secondary N) is 2. The van der Waals surface area contributed by atoms with Crippen molar-refractivity contribution in [3.8, 4) is 0 Å². The van der Waals surface area contributed by atoms with Crippen LogP contribution >= 0.6 is 12.2 Å². The summed E-state index contributed by atoms with van der Waals surface area (Å²) in [4.78, 5) is 2.60. The fourth-order valence-corrected chi connectivity index (χ4v) is 3.07. The molecule has 0 aliphatic carbocycles. The van der Waals surface area contributed by atoms with E-state index in [-0.39, 0.29) is 0 Å². The number of hydrogen-bond acceptors (Lipinski definition) is 2. The van der Waals surface area contributed by atoms with Crippen molar-refractivity contribution in [2.24, 2.45) is 0 Å². The molecule has 1 fully saturated rings. The van der Waals surface area contributed by atoms with Crippen LogP contribution < -0.4 is 10.6 Å². The normalized spacial score (nSPS) is 19.2. The topological polar surface area (TPSA) is 27.3 Å². The predicted octanol–water partition coefficient (Wildman–Crippen LogP) is 3.55. The number of aryl methyl sites for hydroxylation is 1. The highest BCUT2D eigenvalue weighted by Crippen LogP contribution is 2.16. The third kappa shape index (κ3) is 5.29. The Labute approximate surface area is 134 Å². The summed E-state index contributed by atoms with van der Waals surface area (Å²) in [6.07, 6.45) is 5.23. The lowest BCUT2D eigenvalue weighted by Gasteiger charge is -2.33. The fourth-order valence-electron chi connectivity index (χ4n) is 2.85. The van der Waals surface area contributed by atoms with Crippen LogP contribution in [-0.4, -0.2) is 35.7 Å². The molecule has 0 amide bonds. The molecule has 116 valence electrons. The predicted molar refractivity (Wildman–Crippen MR) is 94.9 cm³/mol. The van der Waals surface area contributed by atoms with Crippen molar-refractivity contribution < 1.29 is 0 Å². The molecule has 0 unspecified atom stereocenters. The SMILES string of the molecule is Cc1ccccc1NC(=S)NCCCN1CCCC[C@@H]1C. The van der Waals surface area contributed by atoms with E-state index in [0.29, 0.717) is 0 Å². The molecule has 1 aromatic rings. The van der Waals surface area contributed by atoms with Gasteiger partial charge in [0.2, 0.25) is 0 Å². The molecule has 0 radical (unpaired) electrons. The molecule has 2 N–H and O–H groups in total. The van der Waals surface area contributed by atoms with Gasteiger partial charge in [0.15, 0.2) is 5.11 Å². The molecule has 1 aromatic carbocycles. The van der Waals surface area contributed by atoms with E-state index in [1.54, 1.807) is 0 Å². The van der Waals surface area contributed by atoms with Crippen LogP contribution in [0.2, 0.25) is 0 Å². The molecule has 0 bridgehead atoms. The molecule has 4 heteroatoms. The molecule has 0 saturated carbocycles. The highest BCUT2D eigenvalue weighted by atomic mass is 32.1. The van der Waals surface area contributed by atoms with Gasteiger partial charge in [0.05, 0.1) is 0 Å². The standard InChI is InChI=1S/C17H27N3S/c1-14-8-3-4-10-16(14)19-17(21)18-11-7-13-20-12-6-5-9-15(20)2/h3-4,8,10,15H,5-7,9,11-13H2,1-2H3,(H2,18,19,21)/t15-/m0/s1. The van der Waals surface area contributed by atoms with Gasteiger partial charge in [-0.15, -0.1) is 0 Å². The zero-order valence-corrected chi connectivity index (χ0v) is 14.0. The van der Waals surface area contributed by atoms with Gasteiger partial charge in [-0.05, 0) is 63.5 Å². The van der Waals surface area contributed by atoms with Crippen molar-refractivity contribution in [2.75, 3.05) is 25.0 Å². The summed E-state index contributed by atoms with van der Waals surface area (Å²) >= 11 is 5.35. The fraction of sp³-hybridized carbons (Fsp3) is 0.588. The van der Waals surface area contributed by atoms with Gasteiger partial charge < -0.3 is 15.5 Å². The molecule has 0 aromatic heterocycles. The number of para-hydroxylation sites is 1. The summed E-state index contributed by atoms with van der Waals surface area (Å²) in [6.45, 7) is 7.79. The first-order valence-electron chi connectivity index (χ1n) is 8.01. The first-order chi connectivity index (χ1) is 10.2. The number of hydrogen-bond donors (Lipinski definition) is 2. The van der Waals surface area contributed by atoms with Gasteiger partial charge >= 0.3 is 0 Å². The highest BCUT2D eigenvalue weighted by molar-refractivity contribution is 7.80. The second kappa shape index (κ2) is 8.35. The van der Waals surface area contributed by atoms with Crippen LogP contribution in [0.1, 0.15) is 38.2 Å². The van der Waals surface area contributed by atoms with Gasteiger partial charge in [0, 0.05) is 24.8 Å². The summed E-state index contributed by atoms with van der Waals surface area (Å²) in [5, 5.41) is 7.29. The second-order valence-corrected chi connectivity index (χ2v) is 6.34. The Kier molecular flexibility index (Phi) is 6.46. The van der Waals surface area contributed by atoms with Crippen LogP contribution in [0.4, 0.5) is 5.69 Å². The lowest BCUT2D eigenvalue weighted by atomic mass is 10.0. The second-order valence-electron chi connectivity index (χ2n) is 5.93. The molecular weight excluding hydrogens is 278 g/mol. The maximum absolute atomic E-state index is 5.35. The van der Waals surface area contributed by atoms with E-state index < -0.39 is 0 Å². The van der Waals surface area contributed by atoms with E-state index in [0.717, 1.165) is 29.8 Å². The van der Waals surface area contributed by atoms with Gasteiger partial charge in [-0.1, -0.05) is 24.6 Å². The van der Waals surface area contributed by atoms with Crippen LogP contribution in [0.3, 0.4) is 0 Å². The quantitative estimate of drug-likeness (QED) is 0.643. The average Bonchev–Trinajstić information content (AvgIpc) is 2.48. The molecule has 1 saturated heterocycles. The van der Waals surface area contributed by atoms with Crippen molar-refractivity contribution in [3.63, 3.8) is 0 Å². The van der Waals surface area contributed by atoms with Gasteiger partial charge in [0.25, 0.3) is 0 Å². The minimum atomic E-state index is 0.719. The molecule has 3 nitrogen and oxygen atoms in total. The van der Waals surface area contributed by atoms with E-state index >= 15 is 0 Å². The molecule has 1 heterocycles. The zero-order valence-electron chi connectivity index (χ0n) is 13.2. The van der Waals surface area contributed by atoms with E-state index in [9.17, 15) is 0 Å². The van der Waals surface area contributed by atoms with Crippen molar-refractivity contribution in [1.29, 1.82) is 0 Å². The monoisotopic (exact) mass is 305 g/mol. The Balaban J connectivity index is 1.64. The molecule has 1 atom stereocenters. The Morgan fingerprint density at radius 3 is 2.90 bits per heavy atom. The number of nitrogens with zero attached hydrogens (tertiary/aromatic N) is 1. The smallest absolute Gasteiger partial charge is 0.170 e. The first kappa shape index (κ1) is 16.2. The summed E-state index contributed by atoms with van der Waals surface area (Å²) in [5.41, 5.74) is 2.29. The molecule has 1 aliphatic rings. The van der Waals surface area contributed by atoms with Gasteiger partial charge in [-0.3, -0.25) is 0 Å². The largest absolute Gasteiger partial charge is 0.362 e. The maximum atomic E-state index is 5.35. The van der Waals surface area contributed by atoms with E-state index in [2.05, 4.69) is 41.5 Å². The Hall–Kier alpha value is -1.13. The van der Waals surface area contributed by atoms with Crippen molar-refractivity contribution in [2.45, 2.75) is 45.6 Å². The highest BCUT2D eigenvalue weighted by Gasteiger charge is 2.16. The number of likely N-dealkylation sites (tertiary alicyclic amines) is 1. The molecule has 2 rings (SSSR count). The minimum absolute atomic E-state index is 0.719. The van der Waals surface area contributed by atoms with Gasteiger partial charge in [-0.2, -0.15) is 0 Å². The molecule has 1 aliphatic heterocycles. The molecule has 0 spiro atoms. The minimum Gasteiger partial charge on any atom is -0.362 e. The van der Waals surface area contributed by atoms with E-state index in [1.165, 1.54) is 37.9 Å². The van der Waals surface area contributed by atoms with Crippen molar-refractivity contribution in [3.05, 3.63) is 29.8 Å². The summed E-state index contributed by atoms with van der Waals surface area (Å²) < 4.78 is 0. The summed E-state index contributed by atoms with van der Waals surface area (Å²) in [7, 11) is 0. The Morgan fingerprint density at radius 2 is 2.14 bits per heavy atom. The lowest BCUT2D eigenvalue weighted by molar-refractivity contribution is 0.159. The van der Waals surface area contributed by atoms with E-state index in [1.807, 2.05) is 12.1 Å². The van der Waals surface area contributed by atoms with Crippen LogP contribution in [0.15, 0.2) is 24.3 Å². The van der Waals surface area contributed by atoms with Crippen LogP contribution in [0.5, 0.6) is 0 Å². The number of benzene rings is 1. The number of anilines is 1. The number of piperidine rings is 1. The van der Waals surface area contributed by atoms with Crippen molar-refractivity contribution in [1.82, 2.24) is 10.2 Å².